The minimum Gasteiger partial charge on any atom is -0.508 e. The second kappa shape index (κ2) is 7.34. The first-order valence-corrected chi connectivity index (χ1v) is 5.98. The van der Waals surface area contributed by atoms with Gasteiger partial charge in [0, 0.05) is 32.3 Å². The standard InChI is InChI=1S/C13H18N2O5/c1-15(8-12(18)14-3-4-20-2)13(19)9-5-10(16)7-11(17)6-9/h5-7,16-17H,3-4,8H2,1-2H3,(H,14,18). The molecule has 0 fully saturated rings. The van der Waals surface area contributed by atoms with Crippen molar-refractivity contribution < 1.29 is 24.5 Å². The van der Waals surface area contributed by atoms with E-state index >= 15 is 0 Å². The van der Waals surface area contributed by atoms with Crippen LogP contribution in [0.1, 0.15) is 10.4 Å². The van der Waals surface area contributed by atoms with E-state index in [9.17, 15) is 19.8 Å². The van der Waals surface area contributed by atoms with Crippen molar-refractivity contribution in [1.82, 2.24) is 10.2 Å². The molecule has 7 heteroatoms. The highest BCUT2D eigenvalue weighted by Crippen LogP contribution is 2.21. The largest absolute Gasteiger partial charge is 0.508 e. The molecule has 1 rings (SSSR count). The molecule has 2 amide bonds. The Morgan fingerprint density at radius 2 is 1.85 bits per heavy atom. The minimum absolute atomic E-state index is 0.106. The van der Waals surface area contributed by atoms with Crippen molar-refractivity contribution in [2.45, 2.75) is 0 Å². The summed E-state index contributed by atoms with van der Waals surface area (Å²) in [5.74, 6) is -1.22. The maximum Gasteiger partial charge on any atom is 0.254 e. The number of likely N-dealkylation sites (N-methyl/N-ethyl adjacent to an activating group) is 1. The summed E-state index contributed by atoms with van der Waals surface area (Å²) in [6.07, 6.45) is 0. The molecular weight excluding hydrogens is 264 g/mol. The normalized spacial score (nSPS) is 10.1. The number of phenolic OH excluding ortho intramolecular Hbond substituents is 2. The highest BCUT2D eigenvalue weighted by molar-refractivity contribution is 5.97. The zero-order valence-corrected chi connectivity index (χ0v) is 11.4. The lowest BCUT2D eigenvalue weighted by Crippen LogP contribution is -2.39. The van der Waals surface area contributed by atoms with Crippen LogP contribution >= 0.6 is 0 Å². The molecule has 0 spiro atoms. The maximum absolute atomic E-state index is 12.0. The van der Waals surface area contributed by atoms with Gasteiger partial charge in [-0.15, -0.1) is 0 Å². The molecule has 7 nitrogen and oxygen atoms in total. The number of hydrogen-bond donors (Lipinski definition) is 3. The van der Waals surface area contributed by atoms with Crippen molar-refractivity contribution in [2.24, 2.45) is 0 Å². The van der Waals surface area contributed by atoms with Crippen LogP contribution in [0.3, 0.4) is 0 Å². The quantitative estimate of drug-likeness (QED) is 0.634. The first kappa shape index (κ1) is 15.8. The minimum atomic E-state index is -0.474. The number of benzene rings is 1. The molecule has 3 N–H and O–H groups in total. The third-order valence-corrected chi connectivity index (χ3v) is 2.51. The number of nitrogens with one attached hydrogen (secondary N) is 1. The second-order valence-corrected chi connectivity index (χ2v) is 4.24. The van der Waals surface area contributed by atoms with E-state index in [4.69, 9.17) is 4.74 Å². The Morgan fingerprint density at radius 3 is 2.40 bits per heavy atom. The van der Waals surface area contributed by atoms with Crippen LogP contribution in [0.25, 0.3) is 0 Å². The summed E-state index contributed by atoms with van der Waals surface area (Å²) in [5.41, 5.74) is 0.106. The Balaban J connectivity index is 2.60. The Bertz CT molecular complexity index is 469. The van der Waals surface area contributed by atoms with Crippen molar-refractivity contribution in [3.8, 4) is 11.5 Å². The number of hydrogen-bond acceptors (Lipinski definition) is 5. The third-order valence-electron chi connectivity index (χ3n) is 2.51. The van der Waals surface area contributed by atoms with Crippen LogP contribution in [0.15, 0.2) is 18.2 Å². The average molecular weight is 282 g/mol. The number of nitrogens with zero attached hydrogens (tertiary/aromatic N) is 1. The van der Waals surface area contributed by atoms with E-state index in [0.29, 0.717) is 13.2 Å². The van der Waals surface area contributed by atoms with Gasteiger partial charge >= 0.3 is 0 Å². The SMILES string of the molecule is COCCNC(=O)CN(C)C(=O)c1cc(O)cc(O)c1. The molecule has 1 aromatic rings. The van der Waals surface area contributed by atoms with Gasteiger partial charge in [-0.2, -0.15) is 0 Å². The summed E-state index contributed by atoms with van der Waals surface area (Å²) in [4.78, 5) is 24.7. The Kier molecular flexibility index (Phi) is 5.79. The molecule has 0 aliphatic heterocycles. The van der Waals surface area contributed by atoms with Crippen molar-refractivity contribution in [3.05, 3.63) is 23.8 Å². The Labute approximate surface area is 116 Å². The fourth-order valence-electron chi connectivity index (χ4n) is 1.57. The number of rotatable bonds is 6. The van der Waals surface area contributed by atoms with Crippen LogP contribution in [0.2, 0.25) is 0 Å². The molecule has 0 saturated carbocycles. The first-order valence-electron chi connectivity index (χ1n) is 5.98. The number of amides is 2. The number of aromatic hydroxyl groups is 2. The summed E-state index contributed by atoms with van der Waals surface area (Å²) in [6, 6.07) is 3.57. The van der Waals surface area contributed by atoms with Crippen molar-refractivity contribution in [3.63, 3.8) is 0 Å². The molecule has 0 unspecified atom stereocenters. The summed E-state index contributed by atoms with van der Waals surface area (Å²) in [6.45, 7) is 0.632. The van der Waals surface area contributed by atoms with Crippen molar-refractivity contribution >= 4 is 11.8 Å². The predicted octanol–water partition coefficient (Wildman–Crippen LogP) is -0.0676. The monoisotopic (exact) mass is 282 g/mol. The highest BCUT2D eigenvalue weighted by atomic mass is 16.5. The van der Waals surface area contributed by atoms with Gasteiger partial charge in [-0.3, -0.25) is 9.59 Å². The van der Waals surface area contributed by atoms with Gasteiger partial charge in [0.15, 0.2) is 0 Å². The lowest BCUT2D eigenvalue weighted by atomic mass is 10.2. The van der Waals surface area contributed by atoms with Crippen LogP contribution in [0.4, 0.5) is 0 Å². The average Bonchev–Trinajstić information content (AvgIpc) is 2.36. The van der Waals surface area contributed by atoms with Crippen LogP contribution in [0, 0.1) is 0 Å². The number of ether oxygens (including phenoxy) is 1. The van der Waals surface area contributed by atoms with Crippen molar-refractivity contribution in [2.75, 3.05) is 33.9 Å². The lowest BCUT2D eigenvalue weighted by molar-refractivity contribution is -0.121. The highest BCUT2D eigenvalue weighted by Gasteiger charge is 2.16. The summed E-state index contributed by atoms with van der Waals surface area (Å²) < 4.78 is 4.79. The van der Waals surface area contributed by atoms with E-state index in [-0.39, 0.29) is 29.5 Å². The van der Waals surface area contributed by atoms with Crippen molar-refractivity contribution in [1.29, 1.82) is 0 Å². The first-order chi connectivity index (χ1) is 9.43. The van der Waals surface area contributed by atoms with Crippen LogP contribution in [-0.2, 0) is 9.53 Å². The van der Waals surface area contributed by atoms with Gasteiger partial charge in [-0.1, -0.05) is 0 Å². The van der Waals surface area contributed by atoms with Gasteiger partial charge in [0.2, 0.25) is 5.91 Å². The lowest BCUT2D eigenvalue weighted by Gasteiger charge is -2.17. The summed E-state index contributed by atoms with van der Waals surface area (Å²) >= 11 is 0. The molecule has 110 valence electrons. The number of phenols is 2. The van der Waals surface area contributed by atoms with Crippen LogP contribution < -0.4 is 5.32 Å². The zero-order chi connectivity index (χ0) is 15.1. The second-order valence-electron chi connectivity index (χ2n) is 4.24. The molecule has 0 heterocycles. The molecular formula is C13H18N2O5. The third kappa shape index (κ3) is 4.77. The number of methoxy groups -OCH3 is 1. The van der Waals surface area contributed by atoms with E-state index < -0.39 is 5.91 Å². The number of carbonyl (C=O) groups is 2. The Morgan fingerprint density at radius 1 is 1.25 bits per heavy atom. The van der Waals surface area contributed by atoms with Gasteiger partial charge in [-0.25, -0.2) is 0 Å². The summed E-state index contributed by atoms with van der Waals surface area (Å²) in [5, 5.41) is 21.2. The van der Waals surface area contributed by atoms with E-state index in [0.717, 1.165) is 6.07 Å². The summed E-state index contributed by atoms with van der Waals surface area (Å²) in [7, 11) is 2.98. The molecule has 1 aromatic carbocycles. The van der Waals surface area contributed by atoms with Gasteiger partial charge in [0.25, 0.3) is 5.91 Å². The van der Waals surface area contributed by atoms with E-state index in [1.54, 1.807) is 0 Å². The molecule has 0 aliphatic rings. The van der Waals surface area contributed by atoms with Gasteiger partial charge in [0.1, 0.15) is 11.5 Å². The molecule has 0 radical (unpaired) electrons. The molecule has 0 aliphatic carbocycles. The maximum atomic E-state index is 12.0. The van der Waals surface area contributed by atoms with E-state index in [1.165, 1.54) is 31.2 Å². The Hall–Kier alpha value is -2.28. The molecule has 0 saturated heterocycles. The van der Waals surface area contributed by atoms with Gasteiger partial charge < -0.3 is 25.2 Å². The topological polar surface area (TPSA) is 99.1 Å². The predicted molar refractivity (Wildman–Crippen MR) is 71.6 cm³/mol. The molecule has 0 bridgehead atoms. The zero-order valence-electron chi connectivity index (χ0n) is 11.4. The van der Waals surface area contributed by atoms with Crippen LogP contribution in [-0.4, -0.2) is 60.8 Å². The smallest absolute Gasteiger partial charge is 0.254 e. The van der Waals surface area contributed by atoms with E-state index in [1.807, 2.05) is 0 Å². The molecule has 0 aromatic heterocycles. The van der Waals surface area contributed by atoms with Gasteiger partial charge in [0.05, 0.1) is 13.2 Å². The van der Waals surface area contributed by atoms with Crippen LogP contribution in [0.5, 0.6) is 11.5 Å². The molecule has 0 atom stereocenters. The fourth-order valence-corrected chi connectivity index (χ4v) is 1.57. The fraction of sp³-hybridized carbons (Fsp3) is 0.385. The van der Waals surface area contributed by atoms with E-state index in [2.05, 4.69) is 5.32 Å². The number of carbonyl (C=O) groups excluding carboxylic acids is 2. The molecule has 20 heavy (non-hydrogen) atoms. The van der Waals surface area contributed by atoms with Gasteiger partial charge in [-0.05, 0) is 12.1 Å².